The zero-order chi connectivity index (χ0) is 12.3. The van der Waals surface area contributed by atoms with Crippen LogP contribution >= 0.6 is 11.3 Å². The monoisotopic (exact) mass is 250 g/mol. The van der Waals surface area contributed by atoms with Gasteiger partial charge in [0.2, 0.25) is 0 Å². The maximum atomic E-state index is 4.15. The van der Waals surface area contributed by atoms with Crippen molar-refractivity contribution in [3.05, 3.63) is 33.8 Å². The summed E-state index contributed by atoms with van der Waals surface area (Å²) in [4.78, 5) is 1.34. The summed E-state index contributed by atoms with van der Waals surface area (Å²) in [6.45, 7) is 5.21. The van der Waals surface area contributed by atoms with Gasteiger partial charge in [-0.2, -0.15) is 0 Å². The van der Waals surface area contributed by atoms with Crippen LogP contribution in [0.4, 0.5) is 0 Å². The van der Waals surface area contributed by atoms with Gasteiger partial charge in [-0.1, -0.05) is 12.1 Å². The molecule has 0 radical (unpaired) electrons. The van der Waals surface area contributed by atoms with Crippen LogP contribution in [0.5, 0.6) is 0 Å². The van der Waals surface area contributed by atoms with Gasteiger partial charge in [0.05, 0.1) is 17.9 Å². The summed E-state index contributed by atoms with van der Waals surface area (Å²) in [5.41, 5.74) is 2.46. The predicted molar refractivity (Wildman–Crippen MR) is 70.3 cm³/mol. The third kappa shape index (κ3) is 2.40. The van der Waals surface area contributed by atoms with Crippen LogP contribution in [-0.4, -0.2) is 22.0 Å². The molecule has 2 aromatic rings. The Bertz CT molecular complexity index is 474. The second-order valence-electron chi connectivity index (χ2n) is 4.07. The summed E-state index contributed by atoms with van der Waals surface area (Å²) in [5.74, 6) is 0. The van der Waals surface area contributed by atoms with Crippen LogP contribution in [-0.2, 0) is 6.54 Å². The average Bonchev–Trinajstić information content (AvgIpc) is 2.92. The van der Waals surface area contributed by atoms with Crippen LogP contribution in [0.1, 0.15) is 35.5 Å². The van der Waals surface area contributed by atoms with E-state index >= 15 is 0 Å². The molecule has 0 aliphatic carbocycles. The molecule has 0 bridgehead atoms. The summed E-state index contributed by atoms with van der Waals surface area (Å²) in [6.07, 6.45) is 2.92. The van der Waals surface area contributed by atoms with E-state index in [0.717, 1.165) is 18.7 Å². The van der Waals surface area contributed by atoms with Crippen LogP contribution in [0.3, 0.4) is 0 Å². The lowest BCUT2D eigenvalue weighted by atomic mass is 10.1. The molecule has 1 N–H and O–H groups in total. The Labute approximate surface area is 106 Å². The molecule has 4 nitrogen and oxygen atoms in total. The van der Waals surface area contributed by atoms with Gasteiger partial charge in [-0.15, -0.1) is 16.4 Å². The van der Waals surface area contributed by atoms with Gasteiger partial charge in [0, 0.05) is 11.4 Å². The van der Waals surface area contributed by atoms with E-state index in [1.807, 2.05) is 17.9 Å². The van der Waals surface area contributed by atoms with E-state index in [4.69, 9.17) is 0 Å². The Morgan fingerprint density at radius 1 is 1.53 bits per heavy atom. The Kier molecular flexibility index (Phi) is 3.91. The highest BCUT2D eigenvalue weighted by molar-refractivity contribution is 7.10. The Morgan fingerprint density at radius 3 is 2.94 bits per heavy atom. The molecule has 2 heterocycles. The molecule has 1 atom stereocenters. The minimum atomic E-state index is 0.191. The third-order valence-electron chi connectivity index (χ3n) is 2.83. The predicted octanol–water partition coefficient (Wildman–Crippen LogP) is 2.37. The number of nitrogens with one attached hydrogen (secondary N) is 1. The molecule has 1 unspecified atom stereocenters. The van der Waals surface area contributed by atoms with Gasteiger partial charge in [-0.05, 0) is 37.4 Å². The van der Waals surface area contributed by atoms with Crippen molar-refractivity contribution in [1.29, 1.82) is 0 Å². The molecule has 0 saturated heterocycles. The van der Waals surface area contributed by atoms with Crippen molar-refractivity contribution in [1.82, 2.24) is 20.3 Å². The fraction of sp³-hybridized carbons (Fsp3) is 0.500. The number of hydrogen-bond acceptors (Lipinski definition) is 4. The van der Waals surface area contributed by atoms with E-state index in [1.54, 1.807) is 11.3 Å². The second-order valence-corrected chi connectivity index (χ2v) is 5.02. The van der Waals surface area contributed by atoms with Crippen molar-refractivity contribution >= 4 is 11.3 Å². The normalized spacial score (nSPS) is 12.9. The third-order valence-corrected chi connectivity index (χ3v) is 3.92. The Balaban J connectivity index is 2.35. The average molecular weight is 250 g/mol. The molecular weight excluding hydrogens is 232 g/mol. The number of hydrogen-bond donors (Lipinski definition) is 1. The van der Waals surface area contributed by atoms with Crippen molar-refractivity contribution in [3.8, 4) is 0 Å². The fourth-order valence-electron chi connectivity index (χ4n) is 1.97. The van der Waals surface area contributed by atoms with Crippen LogP contribution < -0.4 is 5.32 Å². The van der Waals surface area contributed by atoms with E-state index in [1.165, 1.54) is 10.4 Å². The van der Waals surface area contributed by atoms with E-state index < -0.39 is 0 Å². The first-order valence-electron chi connectivity index (χ1n) is 5.87. The largest absolute Gasteiger partial charge is 0.307 e. The van der Waals surface area contributed by atoms with Gasteiger partial charge < -0.3 is 5.32 Å². The van der Waals surface area contributed by atoms with E-state index in [9.17, 15) is 0 Å². The van der Waals surface area contributed by atoms with Crippen molar-refractivity contribution in [2.75, 3.05) is 7.05 Å². The highest BCUT2D eigenvalue weighted by Crippen LogP contribution is 2.28. The first kappa shape index (κ1) is 12.3. The van der Waals surface area contributed by atoms with E-state index in [-0.39, 0.29) is 6.04 Å². The highest BCUT2D eigenvalue weighted by Gasteiger charge is 2.19. The molecule has 0 aromatic carbocycles. The molecule has 2 rings (SSSR count). The van der Waals surface area contributed by atoms with Gasteiger partial charge >= 0.3 is 0 Å². The van der Waals surface area contributed by atoms with Gasteiger partial charge in [-0.3, -0.25) is 0 Å². The summed E-state index contributed by atoms with van der Waals surface area (Å²) in [6, 6.07) is 2.34. The summed E-state index contributed by atoms with van der Waals surface area (Å²) < 4.78 is 1.99. The highest BCUT2D eigenvalue weighted by atomic mass is 32.1. The van der Waals surface area contributed by atoms with Crippen molar-refractivity contribution in [2.45, 2.75) is 32.9 Å². The first-order chi connectivity index (χ1) is 8.27. The zero-order valence-corrected chi connectivity index (χ0v) is 11.3. The second kappa shape index (κ2) is 5.42. The Morgan fingerprint density at radius 2 is 2.35 bits per heavy atom. The van der Waals surface area contributed by atoms with Crippen molar-refractivity contribution in [2.24, 2.45) is 0 Å². The number of thiophene rings is 1. The van der Waals surface area contributed by atoms with Gasteiger partial charge in [0.1, 0.15) is 0 Å². The smallest absolute Gasteiger partial charge is 0.0858 e. The number of aromatic nitrogens is 3. The van der Waals surface area contributed by atoms with Crippen molar-refractivity contribution in [3.63, 3.8) is 0 Å². The molecule has 0 spiro atoms. The standard InChI is InChI=1S/C12H18N4S/c1-4-6-16-10(8-14-15-16)11(13-3)12-9(2)5-7-17-12/h5,7-8,11,13H,4,6H2,1-3H3. The molecule has 17 heavy (non-hydrogen) atoms. The Hall–Kier alpha value is -1.20. The van der Waals surface area contributed by atoms with Crippen LogP contribution in [0.2, 0.25) is 0 Å². The zero-order valence-electron chi connectivity index (χ0n) is 10.5. The number of aryl methyl sites for hydroxylation is 2. The van der Waals surface area contributed by atoms with Gasteiger partial charge in [0.25, 0.3) is 0 Å². The molecule has 0 amide bonds. The maximum absolute atomic E-state index is 4.15. The quantitative estimate of drug-likeness (QED) is 0.886. The molecule has 2 aromatic heterocycles. The molecule has 0 saturated carbocycles. The summed E-state index contributed by atoms with van der Waals surface area (Å²) >= 11 is 1.78. The van der Waals surface area contributed by atoms with Crippen LogP contribution in [0.25, 0.3) is 0 Å². The van der Waals surface area contributed by atoms with Crippen LogP contribution in [0.15, 0.2) is 17.6 Å². The van der Waals surface area contributed by atoms with Crippen molar-refractivity contribution < 1.29 is 0 Å². The lowest BCUT2D eigenvalue weighted by molar-refractivity contribution is 0.525. The minimum Gasteiger partial charge on any atom is -0.307 e. The number of rotatable bonds is 5. The summed E-state index contributed by atoms with van der Waals surface area (Å²) in [7, 11) is 1.98. The lowest BCUT2D eigenvalue weighted by Gasteiger charge is -2.16. The number of nitrogens with zero attached hydrogens (tertiary/aromatic N) is 3. The lowest BCUT2D eigenvalue weighted by Crippen LogP contribution is -2.21. The molecule has 0 fully saturated rings. The minimum absolute atomic E-state index is 0.191. The topological polar surface area (TPSA) is 42.7 Å². The van der Waals surface area contributed by atoms with Crippen LogP contribution in [0, 0.1) is 6.92 Å². The molecule has 0 aliphatic rings. The maximum Gasteiger partial charge on any atom is 0.0858 e. The van der Waals surface area contributed by atoms with E-state index in [2.05, 4.69) is 40.9 Å². The molecule has 5 heteroatoms. The molecule has 0 aliphatic heterocycles. The van der Waals surface area contributed by atoms with E-state index in [0.29, 0.717) is 0 Å². The van der Waals surface area contributed by atoms with Gasteiger partial charge in [-0.25, -0.2) is 4.68 Å². The summed E-state index contributed by atoms with van der Waals surface area (Å²) in [5, 5.41) is 13.7. The SMILES string of the molecule is CCCn1nncc1C(NC)c1sccc1C. The molecule has 92 valence electrons. The van der Waals surface area contributed by atoms with Gasteiger partial charge in [0.15, 0.2) is 0 Å². The fourth-order valence-corrected chi connectivity index (χ4v) is 3.02. The molecular formula is C12H18N4S. The first-order valence-corrected chi connectivity index (χ1v) is 6.75.